The van der Waals surface area contributed by atoms with Crippen molar-refractivity contribution in [2.75, 3.05) is 25.2 Å². The highest BCUT2D eigenvalue weighted by Crippen LogP contribution is 1.74. The highest BCUT2D eigenvalue weighted by Gasteiger charge is 1.89. The number of amides is 1. The van der Waals surface area contributed by atoms with Gasteiger partial charge in [0.2, 0.25) is 5.91 Å². The Morgan fingerprint density at radius 1 is 1.31 bits per heavy atom. The summed E-state index contributed by atoms with van der Waals surface area (Å²) in [5.74, 6) is 0.147. The Labute approximate surface area is 89.2 Å². The van der Waals surface area contributed by atoms with E-state index in [9.17, 15) is 9.59 Å². The Hall–Kier alpha value is -0.360. The summed E-state index contributed by atoms with van der Waals surface area (Å²) in [5.41, 5.74) is 0. The zero-order chi connectivity index (χ0) is 10.7. The number of methoxy groups -OCH3 is 1. The molecule has 0 aliphatic heterocycles. The Kier molecular flexibility index (Phi) is 13.5. The van der Waals surface area contributed by atoms with E-state index in [1.54, 1.807) is 0 Å². The molecule has 13 heavy (non-hydrogen) atoms. The zero-order valence-electron chi connectivity index (χ0n) is 7.74. The van der Waals surface area contributed by atoms with Gasteiger partial charge in [-0.2, -0.15) is 25.3 Å². The SMILES string of the molecule is CCNC(=O)CS.COC(=O)CS. The first kappa shape index (κ1) is 15.1. The summed E-state index contributed by atoms with van der Waals surface area (Å²) in [4.78, 5) is 20.1. The lowest BCUT2D eigenvalue weighted by Crippen LogP contribution is -2.23. The second-order valence-corrected chi connectivity index (χ2v) is 2.48. The van der Waals surface area contributed by atoms with E-state index in [-0.39, 0.29) is 23.4 Å². The van der Waals surface area contributed by atoms with Gasteiger partial charge in [-0.1, -0.05) is 0 Å². The van der Waals surface area contributed by atoms with Crippen LogP contribution in [0.15, 0.2) is 0 Å². The lowest BCUT2D eigenvalue weighted by Gasteiger charge is -1.93. The molecule has 1 amide bonds. The third-order valence-corrected chi connectivity index (χ3v) is 1.42. The monoisotopic (exact) mass is 225 g/mol. The first-order chi connectivity index (χ1) is 6.12. The highest BCUT2D eigenvalue weighted by molar-refractivity contribution is 7.81. The number of rotatable bonds is 3. The van der Waals surface area contributed by atoms with Crippen LogP contribution >= 0.6 is 25.3 Å². The van der Waals surface area contributed by atoms with E-state index >= 15 is 0 Å². The largest absolute Gasteiger partial charge is 0.468 e. The molecule has 0 aromatic rings. The average Bonchev–Trinajstić information content (AvgIpc) is 2.18. The van der Waals surface area contributed by atoms with Crippen molar-refractivity contribution in [1.82, 2.24) is 5.32 Å². The molecule has 0 aliphatic carbocycles. The average molecular weight is 225 g/mol. The standard InChI is InChI=1S/C4H9NOS.C3H6O2S/c1-2-5-4(6)3-7;1-5-3(4)2-6/h7H,2-3H2,1H3,(H,5,6);6H,2H2,1H3. The summed E-state index contributed by atoms with van der Waals surface area (Å²) in [6, 6.07) is 0. The predicted molar refractivity (Wildman–Crippen MR) is 58.4 cm³/mol. The van der Waals surface area contributed by atoms with Gasteiger partial charge in [-0.15, -0.1) is 0 Å². The van der Waals surface area contributed by atoms with Crippen LogP contribution in [0.25, 0.3) is 0 Å². The number of hydrogen-bond donors (Lipinski definition) is 3. The lowest BCUT2D eigenvalue weighted by molar-refractivity contribution is -0.137. The Balaban J connectivity index is 0. The molecule has 0 unspecified atom stereocenters. The van der Waals surface area contributed by atoms with E-state index in [0.717, 1.165) is 0 Å². The van der Waals surface area contributed by atoms with Gasteiger partial charge in [0.15, 0.2) is 0 Å². The Morgan fingerprint density at radius 3 is 1.92 bits per heavy atom. The van der Waals surface area contributed by atoms with Crippen molar-refractivity contribution in [2.45, 2.75) is 6.92 Å². The molecule has 4 nitrogen and oxygen atoms in total. The molecule has 0 rings (SSSR count). The highest BCUT2D eigenvalue weighted by atomic mass is 32.1. The van der Waals surface area contributed by atoms with Crippen LogP contribution in [0.4, 0.5) is 0 Å². The van der Waals surface area contributed by atoms with Gasteiger partial charge >= 0.3 is 5.97 Å². The number of carbonyl (C=O) groups is 2. The minimum absolute atomic E-state index is 0.00849. The van der Waals surface area contributed by atoms with Crippen LogP contribution in [0.3, 0.4) is 0 Å². The molecule has 0 spiro atoms. The molecule has 6 heteroatoms. The lowest BCUT2D eigenvalue weighted by atomic mass is 10.6. The summed E-state index contributed by atoms with van der Waals surface area (Å²) in [5, 5.41) is 2.58. The molecule has 0 atom stereocenters. The molecule has 0 aromatic heterocycles. The van der Waals surface area contributed by atoms with Gasteiger partial charge in [0.1, 0.15) is 0 Å². The van der Waals surface area contributed by atoms with Crippen molar-refractivity contribution in [3.63, 3.8) is 0 Å². The van der Waals surface area contributed by atoms with Crippen LogP contribution in [0.1, 0.15) is 6.92 Å². The molecule has 0 saturated carbocycles. The van der Waals surface area contributed by atoms with Crippen LogP contribution in [-0.4, -0.2) is 37.0 Å². The van der Waals surface area contributed by atoms with Crippen LogP contribution in [0, 0.1) is 0 Å². The molecular weight excluding hydrogens is 210 g/mol. The number of hydrogen-bond acceptors (Lipinski definition) is 5. The maximum absolute atomic E-state index is 10.2. The molecule has 0 aliphatic rings. The minimum atomic E-state index is -0.293. The van der Waals surface area contributed by atoms with Crippen molar-refractivity contribution in [3.05, 3.63) is 0 Å². The van der Waals surface area contributed by atoms with Crippen molar-refractivity contribution in [3.8, 4) is 0 Å². The van der Waals surface area contributed by atoms with Gasteiger partial charge in [0.05, 0.1) is 18.6 Å². The van der Waals surface area contributed by atoms with E-state index in [1.807, 2.05) is 6.92 Å². The molecule has 0 fully saturated rings. The fraction of sp³-hybridized carbons (Fsp3) is 0.714. The van der Waals surface area contributed by atoms with Crippen molar-refractivity contribution >= 4 is 37.1 Å². The summed E-state index contributed by atoms with van der Waals surface area (Å²) < 4.78 is 4.18. The number of ether oxygens (including phenoxy) is 1. The van der Waals surface area contributed by atoms with E-state index < -0.39 is 0 Å². The number of thiol groups is 2. The van der Waals surface area contributed by atoms with Crippen molar-refractivity contribution < 1.29 is 14.3 Å². The Bertz CT molecular complexity index is 147. The van der Waals surface area contributed by atoms with Gasteiger partial charge < -0.3 is 10.1 Å². The first-order valence-electron chi connectivity index (χ1n) is 3.67. The molecule has 0 heterocycles. The first-order valence-corrected chi connectivity index (χ1v) is 4.94. The number of carbonyl (C=O) groups excluding carboxylic acids is 2. The molecule has 0 radical (unpaired) electrons. The van der Waals surface area contributed by atoms with E-state index in [2.05, 4.69) is 35.3 Å². The van der Waals surface area contributed by atoms with E-state index in [0.29, 0.717) is 6.54 Å². The van der Waals surface area contributed by atoms with Crippen LogP contribution in [0.5, 0.6) is 0 Å². The number of nitrogens with one attached hydrogen (secondary N) is 1. The predicted octanol–water partition coefficient (Wildman–Crippen LogP) is 0.141. The number of esters is 1. The smallest absolute Gasteiger partial charge is 0.315 e. The zero-order valence-corrected chi connectivity index (χ0v) is 9.53. The van der Waals surface area contributed by atoms with Gasteiger partial charge in [0.25, 0.3) is 0 Å². The van der Waals surface area contributed by atoms with E-state index in [1.165, 1.54) is 7.11 Å². The molecular formula is C7H15NO3S2. The summed E-state index contributed by atoms with van der Waals surface area (Å²) in [6.07, 6.45) is 0. The summed E-state index contributed by atoms with van der Waals surface area (Å²) in [7, 11) is 1.33. The normalized spacial score (nSPS) is 8.00. The van der Waals surface area contributed by atoms with E-state index in [4.69, 9.17) is 0 Å². The fourth-order valence-electron chi connectivity index (χ4n) is 0.318. The summed E-state index contributed by atoms with van der Waals surface area (Å²) >= 11 is 7.36. The maximum Gasteiger partial charge on any atom is 0.315 e. The molecule has 78 valence electrons. The van der Waals surface area contributed by atoms with Crippen LogP contribution in [-0.2, 0) is 14.3 Å². The minimum Gasteiger partial charge on any atom is -0.468 e. The van der Waals surface area contributed by atoms with Gasteiger partial charge in [-0.3, -0.25) is 9.59 Å². The van der Waals surface area contributed by atoms with Gasteiger partial charge in [0, 0.05) is 6.54 Å². The molecule has 0 bridgehead atoms. The van der Waals surface area contributed by atoms with Gasteiger partial charge in [-0.25, -0.2) is 0 Å². The Morgan fingerprint density at radius 2 is 1.85 bits per heavy atom. The third kappa shape index (κ3) is 14.5. The second kappa shape index (κ2) is 11.6. The topological polar surface area (TPSA) is 55.4 Å². The van der Waals surface area contributed by atoms with Crippen LogP contribution < -0.4 is 5.32 Å². The maximum atomic E-state index is 10.2. The fourth-order valence-corrected chi connectivity index (χ4v) is 0.559. The third-order valence-electron chi connectivity index (χ3n) is 0.874. The quantitative estimate of drug-likeness (QED) is 0.473. The summed E-state index contributed by atoms with van der Waals surface area (Å²) in [6.45, 7) is 2.57. The van der Waals surface area contributed by atoms with Crippen LogP contribution in [0.2, 0.25) is 0 Å². The molecule has 1 N–H and O–H groups in total. The van der Waals surface area contributed by atoms with Gasteiger partial charge in [-0.05, 0) is 6.92 Å². The molecule has 0 saturated heterocycles. The second-order valence-electron chi connectivity index (χ2n) is 1.85. The molecule has 0 aromatic carbocycles. The van der Waals surface area contributed by atoms with Crippen molar-refractivity contribution in [2.24, 2.45) is 0 Å². The van der Waals surface area contributed by atoms with Crippen molar-refractivity contribution in [1.29, 1.82) is 0 Å².